The number of aromatic nitrogens is 1. The Kier molecular flexibility index (Phi) is 17.8. The van der Waals surface area contributed by atoms with E-state index in [0.29, 0.717) is 49.9 Å². The van der Waals surface area contributed by atoms with Crippen LogP contribution in [0.4, 0.5) is 13.6 Å². The monoisotopic (exact) mass is 1200 g/mol. The van der Waals surface area contributed by atoms with Crippen molar-refractivity contribution in [2.45, 2.75) is 119 Å². The fourth-order valence-corrected chi connectivity index (χ4v) is 12.7. The van der Waals surface area contributed by atoms with E-state index in [1.165, 1.54) is 20.8 Å². The van der Waals surface area contributed by atoms with E-state index in [1.807, 2.05) is 66.7 Å². The second-order valence-corrected chi connectivity index (χ2v) is 24.1. The maximum Gasteiger partial charge on any atom is 0.399 e. The van der Waals surface area contributed by atoms with Crippen LogP contribution in [0.3, 0.4) is 0 Å². The van der Waals surface area contributed by atoms with Gasteiger partial charge in [0, 0.05) is 79.1 Å². The number of urea groups is 1. The number of amides is 10. The lowest BCUT2D eigenvalue weighted by Gasteiger charge is -2.41. The maximum atomic E-state index is 15.2. The topological polar surface area (TPSA) is 314 Å². The number of imide groups is 1. The number of benzene rings is 4. The number of H-pyrrole nitrogens is 1. The summed E-state index contributed by atoms with van der Waals surface area (Å²) in [5.41, 5.74) is 3.32. The number of likely N-dealkylation sites (tertiary alicyclic amines) is 1. The van der Waals surface area contributed by atoms with Gasteiger partial charge in [0.05, 0.1) is 12.6 Å². The van der Waals surface area contributed by atoms with Gasteiger partial charge in [0.25, 0.3) is 11.8 Å². The molecule has 10 amide bonds. The molecule has 5 aliphatic heterocycles. The van der Waals surface area contributed by atoms with Crippen LogP contribution in [-0.2, 0) is 45.5 Å². The molecule has 0 saturated carbocycles. The number of aromatic amines is 1. The molecule has 5 atom stereocenters. The quantitative estimate of drug-likeness (QED) is 0.0381. The number of halogens is 2. The minimum atomic E-state index is -5.94. The predicted octanol–water partition coefficient (Wildman–Crippen LogP) is 4.64. The number of hydrogen-bond acceptors (Lipinski definition) is 10. The molecule has 0 spiro atoms. The Balaban J connectivity index is 0.833. The maximum absolute atomic E-state index is 15.2. The summed E-state index contributed by atoms with van der Waals surface area (Å²) >= 11 is 0. The van der Waals surface area contributed by atoms with Gasteiger partial charge in [0.1, 0.15) is 29.9 Å². The van der Waals surface area contributed by atoms with E-state index in [1.54, 1.807) is 17.0 Å². The largest absolute Gasteiger partial charge is 0.399 e. The third-order valence-electron chi connectivity index (χ3n) is 16.9. The lowest BCUT2D eigenvalue weighted by atomic mass is 9.92. The Hall–Kier alpha value is -8.78. The number of carbonyl (C=O) groups excluding carboxylic acids is 9. The summed E-state index contributed by atoms with van der Waals surface area (Å²) in [7, 11) is -5.94. The minimum absolute atomic E-state index is 0.000664. The molecule has 1 aromatic heterocycles. The molecule has 450 valence electrons. The Morgan fingerprint density at radius 1 is 0.814 bits per heavy atom. The number of alkyl halides is 2. The van der Waals surface area contributed by atoms with Gasteiger partial charge in [0.2, 0.25) is 35.4 Å². The number of hydrogen-bond donors (Lipinski definition) is 8. The van der Waals surface area contributed by atoms with E-state index in [4.69, 9.17) is 5.73 Å². The van der Waals surface area contributed by atoms with Crippen molar-refractivity contribution < 1.29 is 66.3 Å². The van der Waals surface area contributed by atoms with E-state index in [9.17, 15) is 61.5 Å². The van der Waals surface area contributed by atoms with E-state index >= 15 is 4.79 Å². The van der Waals surface area contributed by atoms with Crippen molar-refractivity contribution in [3.05, 3.63) is 142 Å². The van der Waals surface area contributed by atoms with Crippen molar-refractivity contribution in [1.29, 1.82) is 0 Å². The summed E-state index contributed by atoms with van der Waals surface area (Å²) < 4.78 is 41.3. The van der Waals surface area contributed by atoms with Crippen LogP contribution in [0.1, 0.15) is 125 Å². The molecule has 86 heavy (non-hydrogen) atoms. The zero-order chi connectivity index (χ0) is 61.0. The van der Waals surface area contributed by atoms with E-state index < -0.39 is 90.5 Å². The first-order valence-corrected chi connectivity index (χ1v) is 30.2. The normalized spacial score (nSPS) is 20.5. The number of piperidine rings is 2. The summed E-state index contributed by atoms with van der Waals surface area (Å²) in [6.07, 6.45) is 3.17. The van der Waals surface area contributed by atoms with Crippen LogP contribution in [0.2, 0.25) is 0 Å². The Labute approximate surface area is 493 Å². The summed E-state index contributed by atoms with van der Waals surface area (Å²) in [6, 6.07) is 21.2. The van der Waals surface area contributed by atoms with Gasteiger partial charge in [-0.2, -0.15) is 8.78 Å². The summed E-state index contributed by atoms with van der Waals surface area (Å²) in [5, 5.41) is 10.9. The molecule has 4 fully saturated rings. The van der Waals surface area contributed by atoms with Crippen molar-refractivity contribution in [1.82, 2.24) is 45.9 Å². The number of primary amides is 1. The fourth-order valence-electron chi connectivity index (χ4n) is 12.2. The van der Waals surface area contributed by atoms with Crippen LogP contribution in [0.5, 0.6) is 0 Å². The number of nitrogens with two attached hydrogens (primary N) is 1. The number of fused-ring (bicyclic) bond motifs is 3. The van der Waals surface area contributed by atoms with Crippen molar-refractivity contribution in [3.63, 3.8) is 0 Å². The molecule has 0 aliphatic carbocycles. The van der Waals surface area contributed by atoms with Crippen LogP contribution in [-0.4, -0.2) is 144 Å². The molecule has 6 heterocycles. The first kappa shape index (κ1) is 60.3. The zero-order valence-corrected chi connectivity index (χ0v) is 47.6. The molecule has 4 aromatic carbocycles. The van der Waals surface area contributed by atoms with Gasteiger partial charge in [-0.25, -0.2) is 4.79 Å². The van der Waals surface area contributed by atoms with Crippen LogP contribution in [0.25, 0.3) is 10.9 Å². The molecule has 0 bridgehead atoms. The molecule has 4 saturated heterocycles. The SMILES string of the molecule is NC(=O)CC[C@H](NC(=O)[C@@H]1CC[C@@H]2CCN(C(=O)N3CCC(CCC#Cc4cccc5c4CN(C4CCC(=O)NC4=O)C5=O)CC3)C[C@H](NC(=O)c3cc4cc(C(F)(F)P(=O)(O)O)ccc4[nH]3)C(=O)N21)C(=O)NC(c1ccccc1)c1ccccc1. The Morgan fingerprint density at radius 3 is 2.19 bits per heavy atom. The second kappa shape index (κ2) is 25.4. The van der Waals surface area contributed by atoms with Crippen molar-refractivity contribution in [2.75, 3.05) is 26.2 Å². The van der Waals surface area contributed by atoms with Gasteiger partial charge in [-0.05, 0) is 104 Å². The molecule has 9 N–H and O–H groups in total. The number of rotatable bonds is 16. The lowest BCUT2D eigenvalue weighted by Crippen LogP contribution is -2.63. The van der Waals surface area contributed by atoms with Crippen molar-refractivity contribution in [3.8, 4) is 11.8 Å². The molecular formula is C61H65F2N10O12P. The van der Waals surface area contributed by atoms with Gasteiger partial charge in [-0.15, -0.1) is 0 Å². The minimum Gasteiger partial charge on any atom is -0.370 e. The van der Waals surface area contributed by atoms with Crippen LogP contribution >= 0.6 is 7.60 Å². The third kappa shape index (κ3) is 13.0. The molecule has 0 radical (unpaired) electrons. The number of nitrogens with zero attached hydrogens (tertiary/aromatic N) is 4. The van der Waals surface area contributed by atoms with E-state index in [2.05, 4.69) is 38.1 Å². The van der Waals surface area contributed by atoms with Crippen molar-refractivity contribution in [2.24, 2.45) is 11.7 Å². The smallest absolute Gasteiger partial charge is 0.370 e. The second-order valence-electron chi connectivity index (χ2n) is 22.4. The third-order valence-corrected chi connectivity index (χ3v) is 17.9. The lowest BCUT2D eigenvalue weighted by molar-refractivity contribution is -0.143. The highest BCUT2D eigenvalue weighted by Gasteiger charge is 2.51. The number of carbonyl (C=O) groups is 9. The zero-order valence-electron chi connectivity index (χ0n) is 46.7. The summed E-state index contributed by atoms with van der Waals surface area (Å²) in [5.74, 6) is 1.87. The summed E-state index contributed by atoms with van der Waals surface area (Å²) in [6.45, 7) is 0.710. The highest BCUT2D eigenvalue weighted by Crippen LogP contribution is 2.59. The molecule has 1 unspecified atom stereocenters. The first-order chi connectivity index (χ1) is 41.1. The van der Waals surface area contributed by atoms with Gasteiger partial charge in [0.15, 0.2) is 0 Å². The first-order valence-electron chi connectivity index (χ1n) is 28.6. The van der Waals surface area contributed by atoms with Gasteiger partial charge < -0.3 is 56.1 Å². The van der Waals surface area contributed by atoms with E-state index in [0.717, 1.165) is 41.3 Å². The number of nitrogens with one attached hydrogen (secondary N) is 5. The van der Waals surface area contributed by atoms with Crippen LogP contribution < -0.4 is 27.0 Å². The molecular weight excluding hydrogens is 1130 g/mol. The van der Waals surface area contributed by atoms with Crippen LogP contribution in [0.15, 0.2) is 103 Å². The predicted molar refractivity (Wildman–Crippen MR) is 307 cm³/mol. The summed E-state index contributed by atoms with van der Waals surface area (Å²) in [4.78, 5) is 150. The standard InChI is InChI=1S/C61H65F2N10O12P/c62-61(63,86(83,84)85)41-18-20-45-40(32-41)33-47(65-45)55(77)67-48-35-71(60(82)70-29-26-36(27-30-70)10-7-8-11-37-16-9-17-43-44(37)34-72(58(43)80)49-23-25-52(75)68-56(49)78)31-28-42-19-22-50(73(42)59(48)81)57(79)66-46(21-24-51(64)74)54(76)69-53(38-12-3-1-4-13-38)39-14-5-2-6-15-39/h1-6,9,12-18,20,32-33,36,42,46,48-50,53,65H,7,10,19,21-31,34-35H2,(H2,64,74)(H,66,79)(H,67,77)(H,69,76)(H,68,75,78)(H2,83,84,85)/t42-,46+,48+,49?,50+/m1/s1. The van der Waals surface area contributed by atoms with Gasteiger partial charge in [-0.3, -0.25) is 48.2 Å². The van der Waals surface area contributed by atoms with Gasteiger partial charge >= 0.3 is 19.3 Å². The Morgan fingerprint density at radius 2 is 1.51 bits per heavy atom. The van der Waals surface area contributed by atoms with E-state index in [-0.39, 0.29) is 98.5 Å². The molecule has 5 aliphatic rings. The molecule has 25 heteroatoms. The van der Waals surface area contributed by atoms with Crippen molar-refractivity contribution >= 4 is 71.8 Å². The molecule has 5 aromatic rings. The highest BCUT2D eigenvalue weighted by molar-refractivity contribution is 7.52. The highest BCUT2D eigenvalue weighted by atomic mass is 31.2. The van der Waals surface area contributed by atoms with Gasteiger partial charge in [-0.1, -0.05) is 84.6 Å². The average Bonchev–Trinajstić information content (AvgIpc) is 2.33. The molecule has 22 nitrogen and oxygen atoms in total. The molecule has 10 rings (SSSR count). The fraction of sp³-hybridized carbons (Fsp3) is 0.393. The Bertz CT molecular complexity index is 3560. The average molecular weight is 1200 g/mol. The van der Waals surface area contributed by atoms with Crippen LogP contribution in [0, 0.1) is 17.8 Å².